The van der Waals surface area contributed by atoms with Crippen LogP contribution in [0.4, 0.5) is 0 Å². The summed E-state index contributed by atoms with van der Waals surface area (Å²) in [6.45, 7) is 0.0206. The Hall–Kier alpha value is -0.660. The molecule has 0 aliphatic carbocycles. The lowest BCUT2D eigenvalue weighted by Crippen LogP contribution is -2.34. The fourth-order valence-corrected chi connectivity index (χ4v) is 1.65. The molecule has 0 fully saturated rings. The molecule has 13 heavy (non-hydrogen) atoms. The number of primary amides is 1. The molecule has 0 atom stereocenters. The number of hydrogen-bond acceptors (Lipinski definition) is 4. The number of amides is 1. The zero-order valence-corrected chi connectivity index (χ0v) is 8.26. The molecule has 0 radical (unpaired) electrons. The zero-order chi connectivity index (χ0) is 10.3. The molecule has 0 aliphatic heterocycles. The van der Waals surface area contributed by atoms with Gasteiger partial charge >= 0.3 is 0 Å². The first-order valence-electron chi connectivity index (χ1n) is 3.72. The van der Waals surface area contributed by atoms with Crippen LogP contribution in [-0.2, 0) is 19.6 Å². The van der Waals surface area contributed by atoms with Crippen molar-refractivity contribution in [3.63, 3.8) is 0 Å². The van der Waals surface area contributed by atoms with E-state index in [-0.39, 0.29) is 12.3 Å². The van der Waals surface area contributed by atoms with E-state index in [9.17, 15) is 13.2 Å². The largest absolute Gasteiger partial charge is 0.385 e. The molecule has 0 bridgehead atoms. The summed E-state index contributed by atoms with van der Waals surface area (Å²) in [5.74, 6) is -0.760. The van der Waals surface area contributed by atoms with Crippen molar-refractivity contribution in [2.45, 2.75) is 6.42 Å². The lowest BCUT2D eigenvalue weighted by atomic mass is 10.5. The first kappa shape index (κ1) is 12.3. The molecule has 0 aromatic heterocycles. The Labute approximate surface area is 77.5 Å². The normalized spacial score (nSPS) is 11.5. The van der Waals surface area contributed by atoms with Crippen molar-refractivity contribution in [3.8, 4) is 0 Å². The second kappa shape index (κ2) is 5.90. The van der Waals surface area contributed by atoms with E-state index in [1.807, 2.05) is 0 Å². The first-order chi connectivity index (χ1) is 5.98. The summed E-state index contributed by atoms with van der Waals surface area (Å²) in [7, 11) is -1.89. The van der Waals surface area contributed by atoms with E-state index in [0.29, 0.717) is 13.0 Å². The minimum atomic E-state index is -3.38. The number of ether oxygens (including phenoxy) is 1. The van der Waals surface area contributed by atoms with Gasteiger partial charge in [0.2, 0.25) is 15.9 Å². The molecule has 0 spiro atoms. The van der Waals surface area contributed by atoms with Crippen molar-refractivity contribution in [1.29, 1.82) is 0 Å². The van der Waals surface area contributed by atoms with Gasteiger partial charge in [0.25, 0.3) is 0 Å². The monoisotopic (exact) mass is 210 g/mol. The van der Waals surface area contributed by atoms with Crippen LogP contribution in [0.15, 0.2) is 0 Å². The Kier molecular flexibility index (Phi) is 5.60. The highest BCUT2D eigenvalue weighted by Gasteiger charge is 2.09. The number of hydrogen-bond donors (Lipinski definition) is 2. The summed E-state index contributed by atoms with van der Waals surface area (Å²) in [5, 5.41) is 0. The number of nitrogens with one attached hydrogen (secondary N) is 1. The molecule has 78 valence electrons. The van der Waals surface area contributed by atoms with Crippen molar-refractivity contribution in [3.05, 3.63) is 0 Å². The Morgan fingerprint density at radius 1 is 1.54 bits per heavy atom. The average molecular weight is 210 g/mol. The molecule has 3 N–H and O–H groups in total. The predicted molar refractivity (Wildman–Crippen MR) is 47.5 cm³/mol. The van der Waals surface area contributed by atoms with E-state index in [1.54, 1.807) is 0 Å². The highest BCUT2D eigenvalue weighted by molar-refractivity contribution is 7.89. The van der Waals surface area contributed by atoms with Gasteiger partial charge in [-0.3, -0.25) is 4.79 Å². The number of rotatable bonds is 7. The molecule has 6 nitrogen and oxygen atoms in total. The SMILES string of the molecule is COCCCS(=O)(=O)NCC(N)=O. The Morgan fingerprint density at radius 3 is 2.62 bits per heavy atom. The minimum Gasteiger partial charge on any atom is -0.385 e. The molecule has 0 unspecified atom stereocenters. The van der Waals surface area contributed by atoms with Gasteiger partial charge in [0.15, 0.2) is 0 Å². The summed E-state index contributed by atoms with van der Waals surface area (Å²) in [5.41, 5.74) is 4.76. The van der Waals surface area contributed by atoms with Crippen molar-refractivity contribution in [2.24, 2.45) is 5.73 Å². The third kappa shape index (κ3) is 7.69. The van der Waals surface area contributed by atoms with E-state index in [1.165, 1.54) is 7.11 Å². The van der Waals surface area contributed by atoms with Crippen molar-refractivity contribution in [1.82, 2.24) is 4.72 Å². The lowest BCUT2D eigenvalue weighted by Gasteiger charge is -2.03. The molecule has 0 saturated heterocycles. The summed E-state index contributed by atoms with van der Waals surface area (Å²) in [4.78, 5) is 10.2. The fourth-order valence-electron chi connectivity index (χ4n) is 0.647. The zero-order valence-electron chi connectivity index (χ0n) is 7.45. The number of methoxy groups -OCH3 is 1. The van der Waals surface area contributed by atoms with Gasteiger partial charge in [-0.2, -0.15) is 0 Å². The Balaban J connectivity index is 3.74. The molecule has 0 aromatic carbocycles. The third-order valence-electron chi connectivity index (χ3n) is 1.23. The molecule has 0 saturated carbocycles. The highest BCUT2D eigenvalue weighted by Crippen LogP contribution is 1.89. The Morgan fingerprint density at radius 2 is 2.15 bits per heavy atom. The number of nitrogens with two attached hydrogens (primary N) is 1. The van der Waals surface area contributed by atoms with Crippen LogP contribution < -0.4 is 10.5 Å². The first-order valence-corrected chi connectivity index (χ1v) is 5.38. The van der Waals surface area contributed by atoms with E-state index >= 15 is 0 Å². The van der Waals surface area contributed by atoms with Crippen LogP contribution in [-0.4, -0.2) is 40.3 Å². The molecule has 7 heteroatoms. The lowest BCUT2D eigenvalue weighted by molar-refractivity contribution is -0.116. The Bertz CT molecular complexity index is 249. The standard InChI is InChI=1S/C6H14N2O4S/c1-12-3-2-4-13(10,11)8-5-6(7)9/h8H,2-5H2,1H3,(H2,7,9). The summed E-state index contributed by atoms with van der Waals surface area (Å²) in [6.07, 6.45) is 0.393. The van der Waals surface area contributed by atoms with Crippen LogP contribution in [0, 0.1) is 0 Å². The number of carbonyl (C=O) groups is 1. The smallest absolute Gasteiger partial charge is 0.232 e. The van der Waals surface area contributed by atoms with Gasteiger partial charge in [-0.25, -0.2) is 13.1 Å². The predicted octanol–water partition coefficient (Wildman–Crippen LogP) is -1.57. The van der Waals surface area contributed by atoms with Crippen LogP contribution in [0.5, 0.6) is 0 Å². The molecular formula is C6H14N2O4S. The van der Waals surface area contributed by atoms with Gasteiger partial charge in [-0.05, 0) is 6.42 Å². The third-order valence-corrected chi connectivity index (χ3v) is 2.64. The highest BCUT2D eigenvalue weighted by atomic mass is 32.2. The van der Waals surface area contributed by atoms with E-state index in [4.69, 9.17) is 5.73 Å². The second-order valence-corrected chi connectivity index (χ2v) is 4.38. The summed E-state index contributed by atoms with van der Waals surface area (Å²) < 4.78 is 28.8. The van der Waals surface area contributed by atoms with Gasteiger partial charge < -0.3 is 10.5 Å². The number of carbonyl (C=O) groups excluding carboxylic acids is 1. The van der Waals surface area contributed by atoms with Crippen LogP contribution in [0.25, 0.3) is 0 Å². The van der Waals surface area contributed by atoms with Crippen LogP contribution in [0.3, 0.4) is 0 Å². The van der Waals surface area contributed by atoms with Gasteiger partial charge in [-0.1, -0.05) is 0 Å². The molecule has 1 amide bonds. The molecular weight excluding hydrogens is 196 g/mol. The fraction of sp³-hybridized carbons (Fsp3) is 0.833. The van der Waals surface area contributed by atoms with E-state index in [2.05, 4.69) is 9.46 Å². The minimum absolute atomic E-state index is 0.0614. The quantitative estimate of drug-likeness (QED) is 0.496. The molecule has 0 aliphatic rings. The maximum atomic E-state index is 11.0. The second-order valence-electron chi connectivity index (χ2n) is 2.45. The topological polar surface area (TPSA) is 98.5 Å². The van der Waals surface area contributed by atoms with Crippen molar-refractivity contribution < 1.29 is 17.9 Å². The number of sulfonamides is 1. The van der Waals surface area contributed by atoms with Gasteiger partial charge in [0, 0.05) is 13.7 Å². The van der Waals surface area contributed by atoms with Crippen molar-refractivity contribution in [2.75, 3.05) is 26.0 Å². The maximum Gasteiger partial charge on any atom is 0.232 e. The molecule has 0 aromatic rings. The summed E-state index contributed by atoms with van der Waals surface area (Å²) in [6, 6.07) is 0. The van der Waals surface area contributed by atoms with Crippen molar-refractivity contribution >= 4 is 15.9 Å². The molecule has 0 heterocycles. The van der Waals surface area contributed by atoms with Gasteiger partial charge in [-0.15, -0.1) is 0 Å². The van der Waals surface area contributed by atoms with E-state index in [0.717, 1.165) is 0 Å². The average Bonchev–Trinajstić information content (AvgIpc) is 2.02. The van der Waals surface area contributed by atoms with Crippen LogP contribution >= 0.6 is 0 Å². The summed E-state index contributed by atoms with van der Waals surface area (Å²) >= 11 is 0. The van der Waals surface area contributed by atoms with Crippen LogP contribution in [0.1, 0.15) is 6.42 Å². The maximum absolute atomic E-state index is 11.0. The van der Waals surface area contributed by atoms with Crippen LogP contribution in [0.2, 0.25) is 0 Å². The van der Waals surface area contributed by atoms with E-state index < -0.39 is 15.9 Å². The van der Waals surface area contributed by atoms with Gasteiger partial charge in [0.1, 0.15) is 0 Å². The van der Waals surface area contributed by atoms with Gasteiger partial charge in [0.05, 0.1) is 12.3 Å². The molecule has 0 rings (SSSR count).